The lowest BCUT2D eigenvalue weighted by Gasteiger charge is -2.14. The zero-order chi connectivity index (χ0) is 21.6. The summed E-state index contributed by atoms with van der Waals surface area (Å²) in [6.07, 6.45) is 2.64. The van der Waals surface area contributed by atoms with E-state index in [1.807, 2.05) is 12.1 Å². The van der Waals surface area contributed by atoms with Crippen LogP contribution in [0.1, 0.15) is 25.7 Å². The Labute approximate surface area is 183 Å². The maximum absolute atomic E-state index is 12.3. The fraction of sp³-hybridized carbons (Fsp3) is 0.364. The average Bonchev–Trinajstić information content (AvgIpc) is 3.44. The molecule has 0 radical (unpaired) electrons. The van der Waals surface area contributed by atoms with Crippen molar-refractivity contribution in [3.63, 3.8) is 0 Å². The molecule has 8 nitrogen and oxygen atoms in total. The van der Waals surface area contributed by atoms with E-state index in [1.54, 1.807) is 23.6 Å². The third-order valence-corrected chi connectivity index (χ3v) is 5.95. The van der Waals surface area contributed by atoms with E-state index in [9.17, 15) is 14.4 Å². The van der Waals surface area contributed by atoms with Gasteiger partial charge in [0, 0.05) is 36.7 Å². The number of thiazole rings is 1. The molecular formula is C22H24N4O4S. The van der Waals surface area contributed by atoms with Crippen LogP contribution in [0.4, 0.5) is 5.13 Å². The van der Waals surface area contributed by atoms with Crippen LogP contribution >= 0.6 is 11.3 Å². The van der Waals surface area contributed by atoms with Gasteiger partial charge in [-0.3, -0.25) is 9.59 Å². The molecule has 1 aliphatic rings. The Hall–Kier alpha value is -3.04. The Balaban J connectivity index is 1.27. The number of anilines is 1. The number of rotatable bonds is 8. The number of likely N-dealkylation sites (tertiary alicyclic amines) is 1. The average molecular weight is 441 g/mol. The monoisotopic (exact) mass is 440 g/mol. The molecule has 4 rings (SSSR count). The molecule has 2 N–H and O–H groups in total. The Bertz CT molecular complexity index is 1130. The van der Waals surface area contributed by atoms with Crippen molar-refractivity contribution in [2.24, 2.45) is 0 Å². The van der Waals surface area contributed by atoms with Crippen molar-refractivity contribution in [3.05, 3.63) is 46.1 Å². The van der Waals surface area contributed by atoms with E-state index in [0.717, 1.165) is 25.0 Å². The number of nitrogens with one attached hydrogen (secondary N) is 2. The third kappa shape index (κ3) is 5.56. The van der Waals surface area contributed by atoms with Crippen molar-refractivity contribution in [2.75, 3.05) is 31.5 Å². The Morgan fingerprint density at radius 2 is 1.90 bits per heavy atom. The number of hydrogen-bond donors (Lipinski definition) is 2. The van der Waals surface area contributed by atoms with Crippen LogP contribution in [0, 0.1) is 0 Å². The van der Waals surface area contributed by atoms with Gasteiger partial charge >= 0.3 is 5.63 Å². The van der Waals surface area contributed by atoms with Crippen LogP contribution in [-0.2, 0) is 9.59 Å². The maximum atomic E-state index is 12.3. The smallest absolute Gasteiger partial charge is 0.345 e. The summed E-state index contributed by atoms with van der Waals surface area (Å²) in [5, 5.41) is 8.42. The Morgan fingerprint density at radius 3 is 2.74 bits per heavy atom. The van der Waals surface area contributed by atoms with Gasteiger partial charge in [0.05, 0.1) is 11.3 Å². The summed E-state index contributed by atoms with van der Waals surface area (Å²) in [5.41, 5.74) is 0.818. The molecule has 0 unspecified atom stereocenters. The molecule has 0 atom stereocenters. The molecular weight excluding hydrogens is 416 g/mol. The lowest BCUT2D eigenvalue weighted by atomic mass is 10.1. The number of carbonyl (C=O) groups excluding carboxylic acids is 2. The van der Waals surface area contributed by atoms with E-state index in [2.05, 4.69) is 20.5 Å². The normalized spacial score (nSPS) is 14.1. The molecule has 0 spiro atoms. The highest BCUT2D eigenvalue weighted by Gasteiger charge is 2.14. The van der Waals surface area contributed by atoms with Gasteiger partial charge in [-0.2, -0.15) is 0 Å². The van der Waals surface area contributed by atoms with E-state index in [1.165, 1.54) is 24.2 Å². The number of aromatic nitrogens is 1. The van der Waals surface area contributed by atoms with E-state index in [-0.39, 0.29) is 24.7 Å². The second-order valence-corrected chi connectivity index (χ2v) is 8.33. The summed E-state index contributed by atoms with van der Waals surface area (Å²) >= 11 is 1.22. The summed E-state index contributed by atoms with van der Waals surface area (Å²) in [6, 6.07) is 8.98. The summed E-state index contributed by atoms with van der Waals surface area (Å²) < 4.78 is 5.34. The predicted octanol–water partition coefficient (Wildman–Crippen LogP) is 2.85. The van der Waals surface area contributed by atoms with Crippen molar-refractivity contribution in [1.82, 2.24) is 15.2 Å². The number of fused-ring (bicyclic) bond motifs is 1. The van der Waals surface area contributed by atoms with Gasteiger partial charge in [0.1, 0.15) is 5.58 Å². The number of nitrogens with zero attached hydrogens (tertiary/aromatic N) is 2. The molecule has 3 heterocycles. The maximum Gasteiger partial charge on any atom is 0.345 e. The second-order valence-electron chi connectivity index (χ2n) is 7.47. The molecule has 9 heteroatoms. The fourth-order valence-electron chi connectivity index (χ4n) is 3.55. The van der Waals surface area contributed by atoms with Gasteiger partial charge < -0.3 is 20.0 Å². The predicted molar refractivity (Wildman–Crippen MR) is 120 cm³/mol. The highest BCUT2D eigenvalue weighted by molar-refractivity contribution is 7.14. The van der Waals surface area contributed by atoms with Gasteiger partial charge in [-0.25, -0.2) is 9.78 Å². The number of benzene rings is 1. The number of carbonyl (C=O) groups is 2. The van der Waals surface area contributed by atoms with E-state index in [4.69, 9.17) is 4.42 Å². The molecule has 2 aromatic heterocycles. The van der Waals surface area contributed by atoms with Gasteiger partial charge in [-0.05, 0) is 38.1 Å². The van der Waals surface area contributed by atoms with Crippen molar-refractivity contribution < 1.29 is 14.0 Å². The van der Waals surface area contributed by atoms with Crippen LogP contribution in [0.15, 0.2) is 44.9 Å². The minimum absolute atomic E-state index is 0.0720. The minimum atomic E-state index is -0.479. The van der Waals surface area contributed by atoms with Crippen molar-refractivity contribution in [1.29, 1.82) is 0 Å². The molecule has 0 saturated carbocycles. The highest BCUT2D eigenvalue weighted by Crippen LogP contribution is 2.25. The standard InChI is InChI=1S/C22H24N4O4S/c27-19(23-9-12-26-10-3-4-11-26)7-8-20(28)25-22-24-17(14-31-22)16-13-15-5-1-2-6-18(15)30-21(16)29/h1-2,5-6,13-14H,3-4,7-12H2,(H,23,27)(H,24,25,28). The van der Waals surface area contributed by atoms with E-state index in [0.29, 0.717) is 28.5 Å². The molecule has 0 aliphatic carbocycles. The fourth-order valence-corrected chi connectivity index (χ4v) is 4.28. The van der Waals surface area contributed by atoms with Crippen LogP contribution in [0.25, 0.3) is 22.2 Å². The first-order chi connectivity index (χ1) is 15.1. The van der Waals surface area contributed by atoms with E-state index < -0.39 is 5.63 Å². The highest BCUT2D eigenvalue weighted by atomic mass is 32.1. The summed E-state index contributed by atoms with van der Waals surface area (Å²) in [4.78, 5) is 43.0. The number of para-hydroxylation sites is 1. The largest absolute Gasteiger partial charge is 0.422 e. The SMILES string of the molecule is O=C(CCC(=O)Nc1nc(-c2cc3ccccc3oc2=O)cs1)NCCN1CCCC1. The first-order valence-electron chi connectivity index (χ1n) is 10.4. The summed E-state index contributed by atoms with van der Waals surface area (Å²) in [7, 11) is 0. The quantitative estimate of drug-likeness (QED) is 0.522. The molecule has 1 saturated heterocycles. The summed E-state index contributed by atoms with van der Waals surface area (Å²) in [5.74, 6) is -0.427. The van der Waals surface area contributed by atoms with Crippen LogP contribution < -0.4 is 16.3 Å². The lowest BCUT2D eigenvalue weighted by Crippen LogP contribution is -2.33. The molecule has 162 valence electrons. The Morgan fingerprint density at radius 1 is 1.13 bits per heavy atom. The first-order valence-corrected chi connectivity index (χ1v) is 11.2. The molecule has 1 aromatic carbocycles. The van der Waals surface area contributed by atoms with Gasteiger partial charge in [-0.15, -0.1) is 11.3 Å². The van der Waals surface area contributed by atoms with Crippen LogP contribution in [0.5, 0.6) is 0 Å². The molecule has 0 bridgehead atoms. The Kier molecular flexibility index (Phi) is 6.73. The number of amides is 2. The molecule has 1 aliphatic heterocycles. The molecule has 3 aromatic rings. The third-order valence-electron chi connectivity index (χ3n) is 5.20. The van der Waals surface area contributed by atoms with Gasteiger partial charge in [0.25, 0.3) is 0 Å². The van der Waals surface area contributed by atoms with Crippen LogP contribution in [0.3, 0.4) is 0 Å². The topological polar surface area (TPSA) is 105 Å². The van der Waals surface area contributed by atoms with Crippen LogP contribution in [-0.4, -0.2) is 47.9 Å². The first kappa shape index (κ1) is 21.2. The zero-order valence-electron chi connectivity index (χ0n) is 17.1. The van der Waals surface area contributed by atoms with Crippen molar-refractivity contribution in [3.8, 4) is 11.3 Å². The summed E-state index contributed by atoms with van der Waals surface area (Å²) in [6.45, 7) is 3.64. The molecule has 31 heavy (non-hydrogen) atoms. The second kappa shape index (κ2) is 9.84. The molecule has 1 fully saturated rings. The van der Waals surface area contributed by atoms with Crippen molar-refractivity contribution >= 4 is 39.3 Å². The van der Waals surface area contributed by atoms with E-state index >= 15 is 0 Å². The lowest BCUT2D eigenvalue weighted by molar-refractivity contribution is -0.124. The molecule has 2 amide bonds. The number of hydrogen-bond acceptors (Lipinski definition) is 7. The van der Waals surface area contributed by atoms with Crippen molar-refractivity contribution in [2.45, 2.75) is 25.7 Å². The van der Waals surface area contributed by atoms with Crippen LogP contribution in [0.2, 0.25) is 0 Å². The van der Waals surface area contributed by atoms with Gasteiger partial charge in [-0.1, -0.05) is 18.2 Å². The van der Waals surface area contributed by atoms with Gasteiger partial charge in [0.15, 0.2) is 5.13 Å². The van der Waals surface area contributed by atoms with Gasteiger partial charge in [0.2, 0.25) is 11.8 Å². The minimum Gasteiger partial charge on any atom is -0.422 e. The zero-order valence-corrected chi connectivity index (χ0v) is 17.9.